The first-order valence-corrected chi connectivity index (χ1v) is 5.02. The van der Waals surface area contributed by atoms with E-state index >= 15 is 0 Å². The Morgan fingerprint density at radius 2 is 1.73 bits per heavy atom. The smallest absolute Gasteiger partial charge is 0.183 e. The van der Waals surface area contributed by atoms with Crippen molar-refractivity contribution in [2.24, 2.45) is 0 Å². The van der Waals surface area contributed by atoms with Gasteiger partial charge in [-0.1, -0.05) is 13.8 Å². The van der Waals surface area contributed by atoms with E-state index in [9.17, 15) is 0 Å². The van der Waals surface area contributed by atoms with Gasteiger partial charge in [0, 0.05) is 0 Å². The van der Waals surface area contributed by atoms with E-state index in [4.69, 9.17) is 5.73 Å². The molecule has 2 rings (SSSR count). The number of hydrogen-bond acceptors (Lipinski definition) is 5. The van der Waals surface area contributed by atoms with Crippen molar-refractivity contribution in [3.8, 4) is 0 Å². The zero-order valence-corrected chi connectivity index (χ0v) is 8.86. The molecule has 0 saturated heterocycles. The molecule has 0 aliphatic carbocycles. The van der Waals surface area contributed by atoms with E-state index in [1.807, 2.05) is 0 Å². The van der Waals surface area contributed by atoms with Gasteiger partial charge in [-0.05, 0) is 12.8 Å². The number of nitrogens with zero attached hydrogens (tertiary/aromatic N) is 4. The van der Waals surface area contributed by atoms with Gasteiger partial charge in [-0.25, -0.2) is 19.9 Å². The van der Waals surface area contributed by atoms with Gasteiger partial charge >= 0.3 is 0 Å². The van der Waals surface area contributed by atoms with Crippen LogP contribution in [-0.2, 0) is 12.8 Å². The van der Waals surface area contributed by atoms with Crippen LogP contribution in [0.2, 0.25) is 0 Å². The number of nitrogen functional groups attached to an aromatic ring is 1. The first kappa shape index (κ1) is 9.76. The molecule has 0 amide bonds. The van der Waals surface area contributed by atoms with Crippen LogP contribution in [0.25, 0.3) is 11.2 Å². The molecule has 0 aliphatic rings. The van der Waals surface area contributed by atoms with Crippen molar-refractivity contribution in [2.75, 3.05) is 5.73 Å². The molecular weight excluding hydrogens is 190 g/mol. The van der Waals surface area contributed by atoms with E-state index in [0.717, 1.165) is 24.2 Å². The van der Waals surface area contributed by atoms with E-state index < -0.39 is 0 Å². The monoisotopic (exact) mass is 203 g/mol. The lowest BCUT2D eigenvalue weighted by Crippen LogP contribution is -2.04. The summed E-state index contributed by atoms with van der Waals surface area (Å²) in [5, 5.41) is 0. The van der Waals surface area contributed by atoms with Crippen molar-refractivity contribution in [3.05, 3.63) is 17.7 Å². The molecule has 0 spiro atoms. The molecule has 2 heterocycles. The molecule has 2 N–H and O–H groups in total. The highest BCUT2D eigenvalue weighted by atomic mass is 15.0. The maximum atomic E-state index is 5.72. The second kappa shape index (κ2) is 3.76. The minimum atomic E-state index is 0.393. The normalized spacial score (nSPS) is 10.8. The summed E-state index contributed by atoms with van der Waals surface area (Å²) < 4.78 is 0. The molecule has 0 radical (unpaired) electrons. The molecule has 0 bridgehead atoms. The summed E-state index contributed by atoms with van der Waals surface area (Å²) in [6.07, 6.45) is 3.12. The number of hydrogen-bond donors (Lipinski definition) is 1. The Morgan fingerprint density at radius 1 is 1.07 bits per heavy atom. The van der Waals surface area contributed by atoms with Gasteiger partial charge in [0.1, 0.15) is 6.33 Å². The van der Waals surface area contributed by atoms with Crippen molar-refractivity contribution in [2.45, 2.75) is 26.7 Å². The molecule has 0 aliphatic heterocycles. The Bertz CT molecular complexity index is 494. The highest BCUT2D eigenvalue weighted by molar-refractivity contribution is 5.80. The minimum absolute atomic E-state index is 0.393. The van der Waals surface area contributed by atoms with Crippen LogP contribution in [0.3, 0.4) is 0 Å². The fourth-order valence-corrected chi connectivity index (χ4v) is 1.53. The second-order valence-electron chi connectivity index (χ2n) is 3.26. The third kappa shape index (κ3) is 1.60. The number of rotatable bonds is 2. The Balaban J connectivity index is 2.75. The first-order chi connectivity index (χ1) is 7.26. The summed E-state index contributed by atoms with van der Waals surface area (Å²) >= 11 is 0. The Morgan fingerprint density at radius 3 is 2.40 bits per heavy atom. The summed E-state index contributed by atoms with van der Waals surface area (Å²) in [6.45, 7) is 4.11. The SMILES string of the molecule is CCc1nc2ncnc(N)c2nc1CC. The minimum Gasteiger partial charge on any atom is -0.382 e. The molecule has 2 aromatic rings. The average molecular weight is 203 g/mol. The molecule has 0 unspecified atom stereocenters. The predicted molar refractivity (Wildman–Crippen MR) is 58.3 cm³/mol. The lowest BCUT2D eigenvalue weighted by atomic mass is 10.2. The van der Waals surface area contributed by atoms with Crippen molar-refractivity contribution >= 4 is 17.0 Å². The van der Waals surface area contributed by atoms with E-state index in [1.54, 1.807) is 0 Å². The van der Waals surface area contributed by atoms with Crippen molar-refractivity contribution in [3.63, 3.8) is 0 Å². The molecule has 2 aromatic heterocycles. The van der Waals surface area contributed by atoms with Gasteiger partial charge in [0.25, 0.3) is 0 Å². The zero-order valence-electron chi connectivity index (χ0n) is 8.86. The van der Waals surface area contributed by atoms with Gasteiger partial charge in [-0.3, -0.25) is 0 Å². The van der Waals surface area contributed by atoms with E-state index in [-0.39, 0.29) is 0 Å². The average Bonchev–Trinajstić information content (AvgIpc) is 2.28. The van der Waals surface area contributed by atoms with Gasteiger partial charge in [-0.15, -0.1) is 0 Å². The van der Waals surface area contributed by atoms with Crippen LogP contribution >= 0.6 is 0 Å². The maximum Gasteiger partial charge on any atom is 0.183 e. The van der Waals surface area contributed by atoms with Gasteiger partial charge in [0.05, 0.1) is 11.4 Å². The third-order valence-electron chi connectivity index (χ3n) is 2.32. The molecule has 5 heteroatoms. The lowest BCUT2D eigenvalue weighted by Gasteiger charge is -2.06. The molecule has 0 saturated carbocycles. The fraction of sp³-hybridized carbons (Fsp3) is 0.400. The number of aryl methyl sites for hydroxylation is 2. The highest BCUT2D eigenvalue weighted by Crippen LogP contribution is 2.15. The van der Waals surface area contributed by atoms with Crippen molar-refractivity contribution in [1.29, 1.82) is 0 Å². The highest BCUT2D eigenvalue weighted by Gasteiger charge is 2.08. The summed E-state index contributed by atoms with van der Waals surface area (Å²) in [5.41, 5.74) is 8.87. The van der Waals surface area contributed by atoms with Gasteiger partial charge in [-0.2, -0.15) is 0 Å². The molecule has 78 valence electrons. The number of anilines is 1. The lowest BCUT2D eigenvalue weighted by molar-refractivity contribution is 0.921. The molecule has 0 atom stereocenters. The molecule has 5 nitrogen and oxygen atoms in total. The predicted octanol–water partition coefficient (Wildman–Crippen LogP) is 1.13. The van der Waals surface area contributed by atoms with Crippen LogP contribution in [0.4, 0.5) is 5.82 Å². The van der Waals surface area contributed by atoms with Crippen LogP contribution < -0.4 is 5.73 Å². The Hall–Kier alpha value is -1.78. The topological polar surface area (TPSA) is 77.6 Å². The van der Waals surface area contributed by atoms with Crippen LogP contribution in [0.15, 0.2) is 6.33 Å². The maximum absolute atomic E-state index is 5.72. The van der Waals surface area contributed by atoms with E-state index in [2.05, 4.69) is 33.8 Å². The van der Waals surface area contributed by atoms with Crippen LogP contribution in [-0.4, -0.2) is 19.9 Å². The van der Waals surface area contributed by atoms with Crippen molar-refractivity contribution < 1.29 is 0 Å². The molecule has 0 fully saturated rings. The van der Waals surface area contributed by atoms with Gasteiger partial charge in [0.2, 0.25) is 0 Å². The number of fused-ring (bicyclic) bond motifs is 1. The fourth-order valence-electron chi connectivity index (χ4n) is 1.53. The third-order valence-corrected chi connectivity index (χ3v) is 2.32. The Kier molecular flexibility index (Phi) is 2.45. The largest absolute Gasteiger partial charge is 0.382 e. The molecule has 15 heavy (non-hydrogen) atoms. The van der Waals surface area contributed by atoms with Crippen LogP contribution in [0.5, 0.6) is 0 Å². The van der Waals surface area contributed by atoms with Crippen LogP contribution in [0, 0.1) is 0 Å². The summed E-state index contributed by atoms with van der Waals surface area (Å²) in [4.78, 5) is 16.8. The quantitative estimate of drug-likeness (QED) is 0.791. The number of nitrogens with two attached hydrogens (primary N) is 1. The summed E-state index contributed by atoms with van der Waals surface area (Å²) in [7, 11) is 0. The van der Waals surface area contributed by atoms with Gasteiger partial charge < -0.3 is 5.73 Å². The standard InChI is InChI=1S/C10H13N5/c1-3-6-7(4-2)15-10-8(14-6)9(11)12-5-13-10/h5H,3-4H2,1-2H3,(H2,11,12,13,15). The molecular formula is C10H13N5. The zero-order chi connectivity index (χ0) is 10.8. The van der Waals surface area contributed by atoms with Crippen molar-refractivity contribution in [1.82, 2.24) is 19.9 Å². The molecule has 0 aromatic carbocycles. The summed E-state index contributed by atoms with van der Waals surface area (Å²) in [5.74, 6) is 0.393. The number of aromatic nitrogens is 4. The van der Waals surface area contributed by atoms with Crippen LogP contribution in [0.1, 0.15) is 25.2 Å². The van der Waals surface area contributed by atoms with E-state index in [0.29, 0.717) is 17.0 Å². The summed E-state index contributed by atoms with van der Waals surface area (Å²) in [6, 6.07) is 0. The second-order valence-corrected chi connectivity index (χ2v) is 3.26. The van der Waals surface area contributed by atoms with Gasteiger partial charge in [0.15, 0.2) is 17.0 Å². The Labute approximate surface area is 87.8 Å². The first-order valence-electron chi connectivity index (χ1n) is 5.02. The van der Waals surface area contributed by atoms with E-state index in [1.165, 1.54) is 6.33 Å².